The van der Waals surface area contributed by atoms with Crippen molar-refractivity contribution in [1.82, 2.24) is 10.2 Å². The molecule has 2 fully saturated rings. The molecule has 0 aromatic rings. The van der Waals surface area contributed by atoms with Gasteiger partial charge in [0.25, 0.3) is 0 Å². The normalized spacial score (nSPS) is 31.7. The third-order valence-corrected chi connectivity index (χ3v) is 3.91. The van der Waals surface area contributed by atoms with Crippen LogP contribution < -0.4 is 5.32 Å². The van der Waals surface area contributed by atoms with Gasteiger partial charge in [0, 0.05) is 31.2 Å². The van der Waals surface area contributed by atoms with E-state index in [1.165, 1.54) is 38.8 Å². The lowest BCUT2D eigenvalue weighted by Crippen LogP contribution is -2.46. The second-order valence-electron chi connectivity index (χ2n) is 5.14. The topological polar surface area (TPSA) is 35.5 Å². The summed E-state index contributed by atoms with van der Waals surface area (Å²) in [6.45, 7) is 3.76. The summed E-state index contributed by atoms with van der Waals surface area (Å²) < 4.78 is 0. The van der Waals surface area contributed by atoms with E-state index in [1.54, 1.807) is 0 Å². The van der Waals surface area contributed by atoms with Crippen LogP contribution in [-0.2, 0) is 0 Å². The molecule has 2 rings (SSSR count). The minimum atomic E-state index is 0.237. The number of likely N-dealkylation sites (tertiary alicyclic amines) is 1. The molecule has 3 heteroatoms. The molecule has 0 bridgehead atoms. The Balaban J connectivity index is 1.71. The Hall–Kier alpha value is -0.120. The van der Waals surface area contributed by atoms with Gasteiger partial charge in [-0.25, -0.2) is 0 Å². The summed E-state index contributed by atoms with van der Waals surface area (Å²) in [6, 6.07) is 0.657. The van der Waals surface area contributed by atoms with E-state index in [4.69, 9.17) is 0 Å². The molecule has 14 heavy (non-hydrogen) atoms. The highest BCUT2D eigenvalue weighted by atomic mass is 16.3. The first kappa shape index (κ1) is 10.4. The minimum Gasteiger partial charge on any atom is -0.396 e. The third kappa shape index (κ3) is 2.10. The average Bonchev–Trinajstić information content (AvgIpc) is 2.50. The zero-order valence-corrected chi connectivity index (χ0v) is 9.13. The highest BCUT2D eigenvalue weighted by molar-refractivity contribution is 4.91. The number of rotatable bonds is 4. The Morgan fingerprint density at radius 3 is 2.71 bits per heavy atom. The van der Waals surface area contributed by atoms with E-state index in [9.17, 15) is 5.11 Å². The van der Waals surface area contributed by atoms with Gasteiger partial charge in [-0.3, -0.25) is 0 Å². The molecule has 0 radical (unpaired) electrons. The molecule has 0 aromatic carbocycles. The fourth-order valence-corrected chi connectivity index (χ4v) is 2.53. The van der Waals surface area contributed by atoms with Crippen LogP contribution in [-0.4, -0.2) is 49.3 Å². The molecule has 1 saturated heterocycles. The van der Waals surface area contributed by atoms with Crippen LogP contribution in [0.25, 0.3) is 0 Å². The third-order valence-electron chi connectivity index (χ3n) is 3.91. The number of likely N-dealkylation sites (N-methyl/N-ethyl adjacent to an activating group) is 1. The maximum absolute atomic E-state index is 9.31. The predicted octanol–water partition coefficient (Wildman–Crippen LogP) is 0.443. The Bertz CT molecular complexity index is 186. The monoisotopic (exact) mass is 198 g/mol. The fourth-order valence-electron chi connectivity index (χ4n) is 2.53. The van der Waals surface area contributed by atoms with Gasteiger partial charge in [-0.15, -0.1) is 0 Å². The lowest BCUT2D eigenvalue weighted by Gasteiger charge is -2.41. The second-order valence-corrected chi connectivity index (χ2v) is 5.14. The van der Waals surface area contributed by atoms with Gasteiger partial charge in [-0.05, 0) is 32.9 Å². The Morgan fingerprint density at radius 2 is 2.29 bits per heavy atom. The number of hydrogen-bond donors (Lipinski definition) is 2. The summed E-state index contributed by atoms with van der Waals surface area (Å²) in [5.74, 6) is 0. The van der Waals surface area contributed by atoms with Crippen LogP contribution >= 0.6 is 0 Å². The molecule has 0 spiro atoms. The van der Waals surface area contributed by atoms with Gasteiger partial charge in [0.2, 0.25) is 0 Å². The molecule has 2 N–H and O–H groups in total. The maximum Gasteiger partial charge on any atom is 0.0499 e. The zero-order chi connectivity index (χ0) is 10.0. The van der Waals surface area contributed by atoms with Gasteiger partial charge in [0.15, 0.2) is 0 Å². The van der Waals surface area contributed by atoms with Crippen molar-refractivity contribution in [3.63, 3.8) is 0 Å². The quantitative estimate of drug-likeness (QED) is 0.688. The summed E-state index contributed by atoms with van der Waals surface area (Å²) in [7, 11) is 2.17. The lowest BCUT2D eigenvalue weighted by atomic mass is 9.69. The first-order valence-electron chi connectivity index (χ1n) is 5.77. The van der Waals surface area contributed by atoms with Gasteiger partial charge >= 0.3 is 0 Å². The van der Waals surface area contributed by atoms with E-state index >= 15 is 0 Å². The standard InChI is InChI=1S/C11H22N2O/c1-13-6-3-10(7-13)12-8-11(9-14)4-2-5-11/h10,12,14H,2-9H2,1H3. The fraction of sp³-hybridized carbons (Fsp3) is 1.00. The Labute approximate surface area is 86.5 Å². The molecule has 82 valence electrons. The van der Waals surface area contributed by atoms with Crippen LogP contribution in [0.3, 0.4) is 0 Å². The summed E-state index contributed by atoms with van der Waals surface area (Å²) in [6.07, 6.45) is 4.98. The minimum absolute atomic E-state index is 0.237. The zero-order valence-electron chi connectivity index (χ0n) is 9.13. The van der Waals surface area contributed by atoms with E-state index in [2.05, 4.69) is 17.3 Å². The number of aliphatic hydroxyl groups excluding tert-OH is 1. The van der Waals surface area contributed by atoms with Crippen LogP contribution in [0.4, 0.5) is 0 Å². The SMILES string of the molecule is CN1CCC(NCC2(CO)CCC2)C1. The van der Waals surface area contributed by atoms with Crippen molar-refractivity contribution in [2.45, 2.75) is 31.7 Å². The average molecular weight is 198 g/mol. The van der Waals surface area contributed by atoms with Crippen molar-refractivity contribution < 1.29 is 5.11 Å². The summed E-state index contributed by atoms with van der Waals surface area (Å²) in [4.78, 5) is 2.37. The largest absolute Gasteiger partial charge is 0.396 e. The first-order valence-corrected chi connectivity index (χ1v) is 5.77. The van der Waals surface area contributed by atoms with Crippen molar-refractivity contribution >= 4 is 0 Å². The molecular formula is C11H22N2O. The molecule has 1 unspecified atom stereocenters. The van der Waals surface area contributed by atoms with Crippen LogP contribution in [0, 0.1) is 5.41 Å². The van der Waals surface area contributed by atoms with Crippen LogP contribution in [0.2, 0.25) is 0 Å². The molecule has 3 nitrogen and oxygen atoms in total. The summed E-state index contributed by atoms with van der Waals surface area (Å²) >= 11 is 0. The molecule has 0 amide bonds. The molecular weight excluding hydrogens is 176 g/mol. The van der Waals surface area contributed by atoms with Gasteiger partial charge in [0.05, 0.1) is 0 Å². The molecule has 1 aliphatic carbocycles. The summed E-state index contributed by atoms with van der Waals surface area (Å²) in [5, 5.41) is 12.9. The first-order chi connectivity index (χ1) is 6.74. The number of nitrogens with one attached hydrogen (secondary N) is 1. The van der Waals surface area contributed by atoms with Crippen LogP contribution in [0.1, 0.15) is 25.7 Å². The molecule has 1 saturated carbocycles. The van der Waals surface area contributed by atoms with E-state index in [0.717, 1.165) is 6.54 Å². The van der Waals surface area contributed by atoms with Crippen molar-refractivity contribution in [1.29, 1.82) is 0 Å². The van der Waals surface area contributed by atoms with Gasteiger partial charge in [0.1, 0.15) is 0 Å². The van der Waals surface area contributed by atoms with Crippen LogP contribution in [0.5, 0.6) is 0 Å². The molecule has 2 aliphatic rings. The van der Waals surface area contributed by atoms with E-state index in [0.29, 0.717) is 12.6 Å². The Morgan fingerprint density at radius 1 is 1.50 bits per heavy atom. The molecule has 1 heterocycles. The van der Waals surface area contributed by atoms with Gasteiger partial charge in [-0.2, -0.15) is 0 Å². The lowest BCUT2D eigenvalue weighted by molar-refractivity contribution is 0.0423. The van der Waals surface area contributed by atoms with Crippen molar-refractivity contribution in [3.05, 3.63) is 0 Å². The van der Waals surface area contributed by atoms with E-state index < -0.39 is 0 Å². The maximum atomic E-state index is 9.31. The van der Waals surface area contributed by atoms with Gasteiger partial charge in [-0.1, -0.05) is 6.42 Å². The number of hydrogen-bond acceptors (Lipinski definition) is 3. The molecule has 1 atom stereocenters. The van der Waals surface area contributed by atoms with E-state index in [-0.39, 0.29) is 5.41 Å². The van der Waals surface area contributed by atoms with Crippen molar-refractivity contribution in [2.75, 3.05) is 33.3 Å². The number of aliphatic hydroxyl groups is 1. The van der Waals surface area contributed by atoms with Crippen molar-refractivity contribution in [3.8, 4) is 0 Å². The Kier molecular flexibility index (Phi) is 3.10. The smallest absolute Gasteiger partial charge is 0.0499 e. The highest BCUT2D eigenvalue weighted by Crippen LogP contribution is 2.39. The van der Waals surface area contributed by atoms with Gasteiger partial charge < -0.3 is 15.3 Å². The molecule has 1 aliphatic heterocycles. The number of nitrogens with zero attached hydrogens (tertiary/aromatic N) is 1. The molecule has 0 aromatic heterocycles. The van der Waals surface area contributed by atoms with Crippen molar-refractivity contribution in [2.24, 2.45) is 5.41 Å². The van der Waals surface area contributed by atoms with E-state index in [1.807, 2.05) is 0 Å². The highest BCUT2D eigenvalue weighted by Gasteiger charge is 2.36. The second kappa shape index (κ2) is 4.17. The predicted molar refractivity (Wildman–Crippen MR) is 57.3 cm³/mol. The van der Waals surface area contributed by atoms with Crippen LogP contribution in [0.15, 0.2) is 0 Å². The summed E-state index contributed by atoms with van der Waals surface area (Å²) in [5.41, 5.74) is 0.237.